The van der Waals surface area contributed by atoms with Crippen molar-refractivity contribution in [1.29, 1.82) is 0 Å². The Hall–Kier alpha value is -2.61. The molecule has 1 aliphatic rings. The molecule has 3 aromatic heterocycles. The third-order valence-electron chi connectivity index (χ3n) is 3.70. The third kappa shape index (κ3) is 2.98. The van der Waals surface area contributed by atoms with Gasteiger partial charge in [-0.15, -0.1) is 11.3 Å². The standard InChI is InChI=1S/C15H15N7S/c1-10-19-12(6-13(20-10)21-15-18-4-5-23-15)11-8-22(9-11)14-7-16-2-3-17-14/h2-7,11H,8-9H2,1H3,(H,18,19,20,21). The smallest absolute Gasteiger partial charge is 0.188 e. The topological polar surface area (TPSA) is 79.7 Å². The minimum Gasteiger partial charge on any atom is -0.354 e. The summed E-state index contributed by atoms with van der Waals surface area (Å²) in [5.74, 6) is 2.85. The first-order valence-corrected chi connectivity index (χ1v) is 8.19. The van der Waals surface area contributed by atoms with Crippen LogP contribution in [0.4, 0.5) is 16.8 Å². The average molecular weight is 325 g/mol. The van der Waals surface area contributed by atoms with Gasteiger partial charge in [-0.2, -0.15) is 0 Å². The highest BCUT2D eigenvalue weighted by Gasteiger charge is 2.30. The van der Waals surface area contributed by atoms with Crippen LogP contribution in [0.5, 0.6) is 0 Å². The van der Waals surface area contributed by atoms with Crippen LogP contribution in [0.3, 0.4) is 0 Å². The molecular weight excluding hydrogens is 310 g/mol. The van der Waals surface area contributed by atoms with Crippen LogP contribution < -0.4 is 10.2 Å². The monoisotopic (exact) mass is 325 g/mol. The maximum atomic E-state index is 4.58. The summed E-state index contributed by atoms with van der Waals surface area (Å²) in [4.78, 5) is 23.9. The zero-order chi connectivity index (χ0) is 15.6. The first kappa shape index (κ1) is 14.0. The Morgan fingerprint density at radius 1 is 1.17 bits per heavy atom. The van der Waals surface area contributed by atoms with Gasteiger partial charge in [-0.3, -0.25) is 4.98 Å². The minimum atomic E-state index is 0.385. The van der Waals surface area contributed by atoms with Crippen LogP contribution in [0, 0.1) is 6.92 Å². The molecule has 116 valence electrons. The predicted molar refractivity (Wildman–Crippen MR) is 89.2 cm³/mol. The number of rotatable bonds is 4. The second-order valence-electron chi connectivity index (χ2n) is 5.35. The van der Waals surface area contributed by atoms with E-state index in [9.17, 15) is 0 Å². The normalized spacial score (nSPS) is 14.6. The molecule has 4 heterocycles. The van der Waals surface area contributed by atoms with E-state index in [0.29, 0.717) is 5.92 Å². The summed E-state index contributed by atoms with van der Waals surface area (Å²) in [5, 5.41) is 6.00. The van der Waals surface area contributed by atoms with Crippen LogP contribution in [0.2, 0.25) is 0 Å². The van der Waals surface area contributed by atoms with Crippen molar-refractivity contribution in [3.8, 4) is 0 Å². The van der Waals surface area contributed by atoms with Gasteiger partial charge in [0.25, 0.3) is 0 Å². The fourth-order valence-electron chi connectivity index (χ4n) is 2.57. The summed E-state index contributed by atoms with van der Waals surface area (Å²) < 4.78 is 0. The van der Waals surface area contributed by atoms with Crippen LogP contribution in [0.1, 0.15) is 17.4 Å². The number of thiazole rings is 1. The Morgan fingerprint density at radius 3 is 2.83 bits per heavy atom. The molecule has 1 aliphatic heterocycles. The van der Waals surface area contributed by atoms with Crippen LogP contribution in [0.25, 0.3) is 0 Å². The Kier molecular flexibility index (Phi) is 3.58. The lowest BCUT2D eigenvalue weighted by molar-refractivity contribution is 0.506. The molecule has 3 aromatic rings. The molecule has 0 bridgehead atoms. The van der Waals surface area contributed by atoms with Crippen molar-refractivity contribution in [3.05, 3.63) is 47.8 Å². The van der Waals surface area contributed by atoms with Gasteiger partial charge in [0, 0.05) is 49.0 Å². The van der Waals surface area contributed by atoms with Crippen LogP contribution in [0.15, 0.2) is 36.2 Å². The molecule has 1 N–H and O–H groups in total. The fraction of sp³-hybridized carbons (Fsp3) is 0.267. The molecule has 0 amide bonds. The first-order valence-electron chi connectivity index (χ1n) is 7.31. The van der Waals surface area contributed by atoms with Crippen molar-refractivity contribution in [2.24, 2.45) is 0 Å². The van der Waals surface area contributed by atoms with E-state index < -0.39 is 0 Å². The molecule has 8 heteroatoms. The maximum absolute atomic E-state index is 4.58. The summed E-state index contributed by atoms with van der Waals surface area (Å²) >= 11 is 1.55. The van der Waals surface area contributed by atoms with E-state index in [1.807, 2.05) is 18.4 Å². The van der Waals surface area contributed by atoms with Crippen molar-refractivity contribution in [3.63, 3.8) is 0 Å². The van der Waals surface area contributed by atoms with Gasteiger partial charge in [0.1, 0.15) is 17.5 Å². The van der Waals surface area contributed by atoms with Gasteiger partial charge in [-0.25, -0.2) is 19.9 Å². The van der Waals surface area contributed by atoms with Crippen LogP contribution in [-0.2, 0) is 0 Å². The summed E-state index contributed by atoms with van der Waals surface area (Å²) in [6.45, 7) is 3.70. The second kappa shape index (κ2) is 5.88. The number of anilines is 3. The summed E-state index contributed by atoms with van der Waals surface area (Å²) in [5.41, 5.74) is 1.05. The van der Waals surface area contributed by atoms with Crippen molar-refractivity contribution in [2.75, 3.05) is 23.3 Å². The van der Waals surface area contributed by atoms with Crippen molar-refractivity contribution < 1.29 is 0 Å². The van der Waals surface area contributed by atoms with E-state index in [0.717, 1.165) is 41.4 Å². The lowest BCUT2D eigenvalue weighted by Crippen LogP contribution is -2.46. The Bertz CT molecular complexity index is 785. The summed E-state index contributed by atoms with van der Waals surface area (Å²) in [7, 11) is 0. The Labute approximate surface area is 137 Å². The quantitative estimate of drug-likeness (QED) is 0.789. The Morgan fingerprint density at radius 2 is 2.09 bits per heavy atom. The van der Waals surface area contributed by atoms with E-state index in [1.54, 1.807) is 36.1 Å². The first-order chi connectivity index (χ1) is 11.3. The molecule has 0 aliphatic carbocycles. The van der Waals surface area contributed by atoms with Gasteiger partial charge >= 0.3 is 0 Å². The number of aromatic nitrogens is 5. The lowest BCUT2D eigenvalue weighted by atomic mass is 9.96. The second-order valence-corrected chi connectivity index (χ2v) is 6.25. The lowest BCUT2D eigenvalue weighted by Gasteiger charge is -2.39. The molecule has 0 aromatic carbocycles. The summed E-state index contributed by atoms with van der Waals surface area (Å²) in [6, 6.07) is 2.01. The van der Waals surface area contributed by atoms with Crippen molar-refractivity contribution >= 4 is 28.1 Å². The molecule has 0 unspecified atom stereocenters. The number of nitrogens with one attached hydrogen (secondary N) is 1. The van der Waals surface area contributed by atoms with E-state index in [2.05, 4.69) is 35.1 Å². The maximum Gasteiger partial charge on any atom is 0.188 e. The van der Waals surface area contributed by atoms with E-state index in [-0.39, 0.29) is 0 Å². The van der Waals surface area contributed by atoms with Crippen LogP contribution in [-0.4, -0.2) is 38.0 Å². The number of aryl methyl sites for hydroxylation is 1. The molecule has 0 saturated carbocycles. The van der Waals surface area contributed by atoms with Gasteiger partial charge in [0.15, 0.2) is 5.13 Å². The molecular formula is C15H15N7S. The SMILES string of the molecule is Cc1nc(Nc2nccs2)cc(C2CN(c3cnccn3)C2)n1. The average Bonchev–Trinajstić information content (AvgIpc) is 2.99. The third-order valence-corrected chi connectivity index (χ3v) is 4.39. The molecule has 1 saturated heterocycles. The molecule has 0 spiro atoms. The van der Waals surface area contributed by atoms with Gasteiger partial charge in [0.05, 0.1) is 11.9 Å². The molecule has 0 atom stereocenters. The van der Waals surface area contributed by atoms with Gasteiger partial charge in [0.2, 0.25) is 0 Å². The van der Waals surface area contributed by atoms with Crippen molar-refractivity contribution in [2.45, 2.75) is 12.8 Å². The molecule has 0 radical (unpaired) electrons. The molecule has 4 rings (SSSR count). The number of hydrogen-bond donors (Lipinski definition) is 1. The largest absolute Gasteiger partial charge is 0.354 e. The zero-order valence-corrected chi connectivity index (χ0v) is 13.4. The van der Waals surface area contributed by atoms with E-state index in [4.69, 9.17) is 0 Å². The summed E-state index contributed by atoms with van der Waals surface area (Å²) in [6.07, 6.45) is 6.96. The van der Waals surface area contributed by atoms with Gasteiger partial charge in [-0.1, -0.05) is 0 Å². The van der Waals surface area contributed by atoms with Gasteiger partial charge in [-0.05, 0) is 6.92 Å². The molecule has 23 heavy (non-hydrogen) atoms. The zero-order valence-electron chi connectivity index (χ0n) is 12.5. The predicted octanol–water partition coefficient (Wildman–Crippen LogP) is 2.38. The molecule has 7 nitrogen and oxygen atoms in total. The highest BCUT2D eigenvalue weighted by atomic mass is 32.1. The highest BCUT2D eigenvalue weighted by molar-refractivity contribution is 7.13. The number of nitrogens with zero attached hydrogens (tertiary/aromatic N) is 6. The minimum absolute atomic E-state index is 0.385. The number of hydrogen-bond acceptors (Lipinski definition) is 8. The molecule has 1 fully saturated rings. The van der Waals surface area contributed by atoms with E-state index in [1.165, 1.54) is 0 Å². The van der Waals surface area contributed by atoms with Crippen LogP contribution >= 0.6 is 11.3 Å². The van der Waals surface area contributed by atoms with Crippen molar-refractivity contribution in [1.82, 2.24) is 24.9 Å². The van der Waals surface area contributed by atoms with Gasteiger partial charge < -0.3 is 10.2 Å². The fourth-order valence-corrected chi connectivity index (χ4v) is 3.10. The van der Waals surface area contributed by atoms with E-state index >= 15 is 0 Å². The Balaban J connectivity index is 1.48. The highest BCUT2D eigenvalue weighted by Crippen LogP contribution is 2.30.